The summed E-state index contributed by atoms with van der Waals surface area (Å²) in [7, 11) is 1.65. The zero-order chi connectivity index (χ0) is 21.9. The second-order valence-corrected chi connectivity index (χ2v) is 8.82. The highest BCUT2D eigenvalue weighted by Gasteiger charge is 2.24. The van der Waals surface area contributed by atoms with Gasteiger partial charge in [-0.15, -0.1) is 0 Å². The molecule has 3 aromatic rings. The summed E-state index contributed by atoms with van der Waals surface area (Å²) in [4.78, 5) is 24.1. The molecule has 2 aliphatic heterocycles. The molecule has 32 heavy (non-hydrogen) atoms. The van der Waals surface area contributed by atoms with Crippen molar-refractivity contribution in [2.75, 3.05) is 74.7 Å². The van der Waals surface area contributed by atoms with Crippen LogP contribution in [0.2, 0.25) is 0 Å². The monoisotopic (exact) mass is 453 g/mol. The quantitative estimate of drug-likeness (QED) is 0.652. The Labute approximate surface area is 191 Å². The fourth-order valence-electron chi connectivity index (χ4n) is 4.22. The summed E-state index contributed by atoms with van der Waals surface area (Å²) in [5, 5.41) is 3.61. The number of para-hydroxylation sites is 1. The largest absolute Gasteiger partial charge is 0.494 e. The number of thiazole rings is 1. The number of fused-ring (bicyclic) bond motifs is 1. The number of nitrogens with zero attached hydrogens (tertiary/aromatic N) is 4. The zero-order valence-electron chi connectivity index (χ0n) is 18.1. The van der Waals surface area contributed by atoms with Crippen molar-refractivity contribution in [2.45, 2.75) is 0 Å². The van der Waals surface area contributed by atoms with E-state index < -0.39 is 0 Å². The van der Waals surface area contributed by atoms with E-state index in [9.17, 15) is 4.79 Å². The molecule has 3 heterocycles. The number of piperazine rings is 1. The van der Waals surface area contributed by atoms with Gasteiger partial charge in [0.05, 0.1) is 30.7 Å². The van der Waals surface area contributed by atoms with Crippen LogP contribution in [0.3, 0.4) is 0 Å². The minimum Gasteiger partial charge on any atom is -0.494 e. The number of morpholine rings is 1. The van der Waals surface area contributed by atoms with E-state index in [0.717, 1.165) is 42.1 Å². The average molecular weight is 454 g/mol. The number of amides is 2. The number of anilines is 3. The van der Waals surface area contributed by atoms with E-state index in [1.54, 1.807) is 7.11 Å². The number of carbonyl (C=O) groups is 1. The minimum atomic E-state index is -0.108. The van der Waals surface area contributed by atoms with Crippen molar-refractivity contribution in [3.8, 4) is 5.75 Å². The number of urea groups is 1. The molecule has 168 valence electrons. The van der Waals surface area contributed by atoms with E-state index in [1.807, 2.05) is 29.2 Å². The van der Waals surface area contributed by atoms with Gasteiger partial charge in [0.15, 0.2) is 5.13 Å². The molecule has 0 bridgehead atoms. The number of methoxy groups -OCH3 is 1. The third-order valence-electron chi connectivity index (χ3n) is 5.96. The summed E-state index contributed by atoms with van der Waals surface area (Å²) in [6.07, 6.45) is 0. The Balaban J connectivity index is 1.30. The van der Waals surface area contributed by atoms with Gasteiger partial charge in [-0.05, 0) is 24.3 Å². The first kappa shape index (κ1) is 20.8. The topological polar surface area (TPSA) is 70.2 Å². The van der Waals surface area contributed by atoms with Crippen molar-refractivity contribution in [3.63, 3.8) is 0 Å². The lowest BCUT2D eigenvalue weighted by atomic mass is 10.2. The van der Waals surface area contributed by atoms with E-state index in [0.29, 0.717) is 37.2 Å². The predicted molar refractivity (Wildman–Crippen MR) is 128 cm³/mol. The Morgan fingerprint density at radius 2 is 1.75 bits per heavy atom. The SMILES string of the molecule is COc1ccc(N2CCOCC2)c2sc(NC(=O)N3CCN(c4ccccc4)CC3)nc12. The van der Waals surface area contributed by atoms with Gasteiger partial charge < -0.3 is 24.2 Å². The van der Waals surface area contributed by atoms with Gasteiger partial charge in [0.25, 0.3) is 0 Å². The van der Waals surface area contributed by atoms with Crippen LogP contribution in [0.25, 0.3) is 10.2 Å². The molecule has 0 spiro atoms. The Kier molecular flexibility index (Phi) is 6.00. The maximum absolute atomic E-state index is 12.9. The molecule has 5 rings (SSSR count). The van der Waals surface area contributed by atoms with Crippen LogP contribution in [0.5, 0.6) is 5.75 Å². The summed E-state index contributed by atoms with van der Waals surface area (Å²) >= 11 is 1.49. The molecule has 2 fully saturated rings. The molecule has 0 radical (unpaired) electrons. The van der Waals surface area contributed by atoms with Crippen LogP contribution in [0, 0.1) is 0 Å². The third kappa shape index (κ3) is 4.18. The number of rotatable bonds is 4. The third-order valence-corrected chi connectivity index (χ3v) is 6.95. The first-order valence-electron chi connectivity index (χ1n) is 10.9. The summed E-state index contributed by atoms with van der Waals surface area (Å²) in [6, 6.07) is 14.2. The maximum atomic E-state index is 12.9. The maximum Gasteiger partial charge on any atom is 0.323 e. The second-order valence-electron chi connectivity index (χ2n) is 7.82. The van der Waals surface area contributed by atoms with Crippen LogP contribution in [-0.4, -0.2) is 75.5 Å². The molecule has 0 aliphatic carbocycles. The van der Waals surface area contributed by atoms with Crippen LogP contribution < -0.4 is 19.9 Å². The number of hydrogen-bond acceptors (Lipinski definition) is 7. The molecule has 8 nitrogen and oxygen atoms in total. The Bertz CT molecular complexity index is 1080. The van der Waals surface area contributed by atoms with Gasteiger partial charge in [-0.2, -0.15) is 0 Å². The lowest BCUT2D eigenvalue weighted by molar-refractivity contribution is 0.123. The molecule has 2 aliphatic rings. The van der Waals surface area contributed by atoms with Crippen molar-refractivity contribution in [3.05, 3.63) is 42.5 Å². The van der Waals surface area contributed by atoms with Crippen molar-refractivity contribution in [1.29, 1.82) is 0 Å². The van der Waals surface area contributed by atoms with Crippen molar-refractivity contribution < 1.29 is 14.3 Å². The Morgan fingerprint density at radius 1 is 1.00 bits per heavy atom. The van der Waals surface area contributed by atoms with Crippen molar-refractivity contribution >= 4 is 44.1 Å². The van der Waals surface area contributed by atoms with E-state index in [1.165, 1.54) is 17.0 Å². The van der Waals surface area contributed by atoms with E-state index in [-0.39, 0.29) is 6.03 Å². The molecular weight excluding hydrogens is 426 g/mol. The predicted octanol–water partition coefficient (Wildman–Crippen LogP) is 3.50. The lowest BCUT2D eigenvalue weighted by Crippen LogP contribution is -2.50. The average Bonchev–Trinajstić information content (AvgIpc) is 3.28. The molecule has 1 N–H and O–H groups in total. The molecule has 1 aromatic heterocycles. The Morgan fingerprint density at radius 3 is 2.47 bits per heavy atom. The van der Waals surface area contributed by atoms with Gasteiger partial charge in [-0.3, -0.25) is 5.32 Å². The minimum absolute atomic E-state index is 0.108. The number of hydrogen-bond donors (Lipinski definition) is 1. The van der Waals surface area contributed by atoms with E-state index in [2.05, 4.69) is 33.3 Å². The summed E-state index contributed by atoms with van der Waals surface area (Å²) in [6.45, 7) is 6.08. The van der Waals surface area contributed by atoms with Gasteiger partial charge in [0.2, 0.25) is 0 Å². The van der Waals surface area contributed by atoms with Crippen molar-refractivity contribution in [1.82, 2.24) is 9.88 Å². The molecule has 2 aromatic carbocycles. The zero-order valence-corrected chi connectivity index (χ0v) is 18.9. The fraction of sp³-hybridized carbons (Fsp3) is 0.391. The highest BCUT2D eigenvalue weighted by molar-refractivity contribution is 7.23. The molecule has 2 amide bonds. The summed E-state index contributed by atoms with van der Waals surface area (Å²) in [5.74, 6) is 0.713. The molecule has 9 heteroatoms. The molecule has 0 unspecified atom stereocenters. The van der Waals surface area contributed by atoms with Crippen LogP contribution in [0.1, 0.15) is 0 Å². The number of aromatic nitrogens is 1. The molecule has 0 saturated carbocycles. The normalized spacial score (nSPS) is 17.0. The van der Waals surface area contributed by atoms with Crippen LogP contribution >= 0.6 is 11.3 Å². The second kappa shape index (κ2) is 9.22. The highest BCUT2D eigenvalue weighted by Crippen LogP contribution is 2.39. The molecule has 0 atom stereocenters. The smallest absolute Gasteiger partial charge is 0.323 e. The van der Waals surface area contributed by atoms with Gasteiger partial charge >= 0.3 is 6.03 Å². The number of carbonyl (C=O) groups excluding carboxylic acids is 1. The van der Waals surface area contributed by atoms with E-state index >= 15 is 0 Å². The lowest BCUT2D eigenvalue weighted by Gasteiger charge is -2.35. The first-order valence-corrected chi connectivity index (χ1v) is 11.7. The fourth-order valence-corrected chi connectivity index (χ4v) is 5.23. The van der Waals surface area contributed by atoms with Gasteiger partial charge in [-0.25, -0.2) is 9.78 Å². The molecule has 2 saturated heterocycles. The van der Waals surface area contributed by atoms with Gasteiger partial charge in [-0.1, -0.05) is 29.5 Å². The number of ether oxygens (including phenoxy) is 2. The van der Waals surface area contributed by atoms with Crippen molar-refractivity contribution in [2.24, 2.45) is 0 Å². The number of nitrogens with one attached hydrogen (secondary N) is 1. The van der Waals surface area contributed by atoms with E-state index in [4.69, 9.17) is 14.5 Å². The van der Waals surface area contributed by atoms with Crippen LogP contribution in [-0.2, 0) is 4.74 Å². The van der Waals surface area contributed by atoms with Crippen LogP contribution in [0.15, 0.2) is 42.5 Å². The van der Waals surface area contributed by atoms with Gasteiger partial charge in [0.1, 0.15) is 11.3 Å². The first-order chi connectivity index (χ1) is 15.7. The van der Waals surface area contributed by atoms with Gasteiger partial charge in [0, 0.05) is 45.0 Å². The summed E-state index contributed by atoms with van der Waals surface area (Å²) in [5.41, 5.74) is 3.09. The highest BCUT2D eigenvalue weighted by atomic mass is 32.1. The summed E-state index contributed by atoms with van der Waals surface area (Å²) < 4.78 is 12.0. The number of benzene rings is 2. The van der Waals surface area contributed by atoms with Crippen LogP contribution in [0.4, 0.5) is 21.3 Å². The molecular formula is C23H27N5O3S. The Hall–Kier alpha value is -3.04. The standard InChI is InChI=1S/C23H27N5O3S/c1-30-19-8-7-18(27-13-15-31-16-14-27)21-20(19)24-22(32-21)25-23(29)28-11-9-26(10-12-28)17-5-3-2-4-6-17/h2-8H,9-16H2,1H3,(H,24,25,29).